The van der Waals surface area contributed by atoms with Crippen LogP contribution in [-0.4, -0.2) is 45.0 Å². The second kappa shape index (κ2) is 11.5. The summed E-state index contributed by atoms with van der Waals surface area (Å²) in [5.74, 6) is -0.259. The molecule has 1 rings (SSSR count). The van der Waals surface area contributed by atoms with Crippen LogP contribution >= 0.6 is 0 Å². The molecule has 0 saturated heterocycles. The van der Waals surface area contributed by atoms with Gasteiger partial charge in [0.1, 0.15) is 6.61 Å². The molecule has 162 valence electrons. The van der Waals surface area contributed by atoms with Crippen LogP contribution in [0.2, 0.25) is 18.1 Å². The molecular weight excluding hydrogens is 378 g/mol. The zero-order valence-corrected chi connectivity index (χ0v) is 20.3. The molecule has 1 atom stereocenters. The van der Waals surface area contributed by atoms with Gasteiger partial charge in [0.15, 0.2) is 8.32 Å². The van der Waals surface area contributed by atoms with E-state index in [1.165, 1.54) is 12.5 Å². The van der Waals surface area contributed by atoms with E-state index in [1.54, 1.807) is 0 Å². The Labute approximate surface area is 178 Å². The highest BCUT2D eigenvalue weighted by molar-refractivity contribution is 6.74. The van der Waals surface area contributed by atoms with Crippen molar-refractivity contribution in [1.82, 2.24) is 4.90 Å². The van der Waals surface area contributed by atoms with E-state index in [0.717, 1.165) is 18.7 Å². The molecule has 0 spiro atoms. The van der Waals surface area contributed by atoms with Crippen LogP contribution < -0.4 is 0 Å². The average Bonchev–Trinajstić information content (AvgIpc) is 2.64. The molecule has 0 radical (unpaired) electrons. The zero-order chi connectivity index (χ0) is 22.1. The van der Waals surface area contributed by atoms with Gasteiger partial charge in [-0.1, -0.05) is 63.3 Å². The lowest BCUT2D eigenvalue weighted by atomic mass is 10.1. The van der Waals surface area contributed by atoms with Crippen molar-refractivity contribution in [3.05, 3.63) is 60.2 Å². The first kappa shape index (κ1) is 25.3. The van der Waals surface area contributed by atoms with Crippen molar-refractivity contribution in [3.8, 4) is 0 Å². The number of hydrogen-bond acceptors (Lipinski definition) is 4. The largest absolute Gasteiger partial charge is 0.461 e. The molecule has 0 aliphatic carbocycles. The third kappa shape index (κ3) is 9.11. The quantitative estimate of drug-likeness (QED) is 0.268. The Morgan fingerprint density at radius 1 is 1.21 bits per heavy atom. The summed E-state index contributed by atoms with van der Waals surface area (Å²) in [6.45, 7) is 21.3. The smallest absolute Gasteiger partial charge is 0.302 e. The number of esters is 1. The number of hydrogen-bond donors (Lipinski definition) is 0. The van der Waals surface area contributed by atoms with Gasteiger partial charge >= 0.3 is 5.97 Å². The van der Waals surface area contributed by atoms with E-state index < -0.39 is 8.32 Å². The van der Waals surface area contributed by atoms with E-state index >= 15 is 0 Å². The molecule has 0 unspecified atom stereocenters. The molecule has 0 N–H and O–H groups in total. The predicted molar refractivity (Wildman–Crippen MR) is 124 cm³/mol. The Morgan fingerprint density at radius 2 is 1.83 bits per heavy atom. The number of nitrogens with zero attached hydrogens (tertiary/aromatic N) is 1. The van der Waals surface area contributed by atoms with Crippen LogP contribution in [-0.2, 0) is 20.5 Å². The maximum Gasteiger partial charge on any atom is 0.302 e. The van der Waals surface area contributed by atoms with Gasteiger partial charge in [-0.25, -0.2) is 0 Å². The lowest BCUT2D eigenvalue weighted by Crippen LogP contribution is -2.45. The van der Waals surface area contributed by atoms with Crippen LogP contribution in [0.1, 0.15) is 40.2 Å². The molecule has 0 fully saturated rings. The Balaban J connectivity index is 2.93. The van der Waals surface area contributed by atoms with Gasteiger partial charge < -0.3 is 9.16 Å². The Morgan fingerprint density at radius 3 is 2.34 bits per heavy atom. The maximum atomic E-state index is 11.1. The molecular formula is C24H39NO3Si. The Kier molecular flexibility index (Phi) is 10.0. The summed E-state index contributed by atoms with van der Waals surface area (Å²) in [7, 11) is -1.84. The molecule has 0 saturated carbocycles. The van der Waals surface area contributed by atoms with Gasteiger partial charge in [0.25, 0.3) is 0 Å². The highest BCUT2D eigenvalue weighted by Crippen LogP contribution is 2.36. The monoisotopic (exact) mass is 417 g/mol. The molecule has 5 heteroatoms. The van der Waals surface area contributed by atoms with Crippen LogP contribution in [0.4, 0.5) is 0 Å². The number of rotatable bonds is 11. The van der Waals surface area contributed by atoms with E-state index in [0.29, 0.717) is 13.2 Å². The topological polar surface area (TPSA) is 38.8 Å². The molecule has 4 nitrogen and oxygen atoms in total. The summed E-state index contributed by atoms with van der Waals surface area (Å²) in [6, 6.07) is 10.5. The van der Waals surface area contributed by atoms with Crippen molar-refractivity contribution < 1.29 is 14.0 Å². The highest BCUT2D eigenvalue weighted by Gasteiger charge is 2.37. The number of carbonyl (C=O) groups is 1. The van der Waals surface area contributed by atoms with Gasteiger partial charge in [0.05, 0.1) is 12.6 Å². The second-order valence-electron chi connectivity index (χ2n) is 9.12. The lowest BCUT2D eigenvalue weighted by Gasteiger charge is -2.38. The third-order valence-corrected chi connectivity index (χ3v) is 10.1. The molecule has 0 aliphatic heterocycles. The highest BCUT2D eigenvalue weighted by atomic mass is 28.4. The standard InChI is InChI=1S/C24H39NO3Si/c1-9-23(19-28-29(7,8)24(4,5)6)25(17-22-13-11-10-12-14-22)16-15-20(2)18-27-21(3)26/h9-15,23H,1,16-19H2,2-8H3/b20-15+/t23-/m0/s1. The molecule has 0 aliphatic rings. The molecule has 29 heavy (non-hydrogen) atoms. The first-order valence-electron chi connectivity index (χ1n) is 10.3. The van der Waals surface area contributed by atoms with E-state index in [9.17, 15) is 4.79 Å². The second-order valence-corrected chi connectivity index (χ2v) is 13.9. The fraction of sp³-hybridized carbons (Fsp3) is 0.542. The normalized spacial score (nSPS) is 14.0. The van der Waals surface area contributed by atoms with Gasteiger partial charge in [-0.3, -0.25) is 9.69 Å². The molecule has 0 bridgehead atoms. The van der Waals surface area contributed by atoms with E-state index in [-0.39, 0.29) is 17.0 Å². The summed E-state index contributed by atoms with van der Waals surface area (Å²) >= 11 is 0. The average molecular weight is 418 g/mol. The SMILES string of the molecule is C=C[C@@H](CO[Si](C)(C)C(C)(C)C)N(C/C=C(\C)COC(C)=O)Cc1ccccc1. The van der Waals surface area contributed by atoms with Gasteiger partial charge in [0.2, 0.25) is 0 Å². The summed E-state index contributed by atoms with van der Waals surface area (Å²) < 4.78 is 11.6. The van der Waals surface area contributed by atoms with Crippen molar-refractivity contribution in [1.29, 1.82) is 0 Å². The van der Waals surface area contributed by atoms with Gasteiger partial charge in [-0.15, -0.1) is 6.58 Å². The van der Waals surface area contributed by atoms with E-state index in [2.05, 4.69) is 75.7 Å². The minimum Gasteiger partial charge on any atom is -0.461 e. The van der Waals surface area contributed by atoms with Gasteiger partial charge in [-0.2, -0.15) is 0 Å². The minimum absolute atomic E-state index is 0.0992. The van der Waals surface area contributed by atoms with E-state index in [4.69, 9.17) is 9.16 Å². The first-order valence-corrected chi connectivity index (χ1v) is 13.2. The first-order chi connectivity index (χ1) is 13.5. The predicted octanol–water partition coefficient (Wildman–Crippen LogP) is 5.57. The number of benzene rings is 1. The molecule has 1 aromatic rings. The van der Waals surface area contributed by atoms with Crippen molar-refractivity contribution in [2.75, 3.05) is 19.8 Å². The van der Waals surface area contributed by atoms with Crippen LogP contribution in [0.5, 0.6) is 0 Å². The molecule has 0 amide bonds. The zero-order valence-electron chi connectivity index (χ0n) is 19.3. The molecule has 1 aromatic carbocycles. The maximum absolute atomic E-state index is 11.1. The van der Waals surface area contributed by atoms with Crippen molar-refractivity contribution >= 4 is 14.3 Å². The summed E-state index contributed by atoms with van der Waals surface area (Å²) in [4.78, 5) is 13.4. The van der Waals surface area contributed by atoms with Crippen LogP contribution in [0.25, 0.3) is 0 Å². The van der Waals surface area contributed by atoms with Crippen LogP contribution in [0, 0.1) is 0 Å². The fourth-order valence-electron chi connectivity index (χ4n) is 2.52. The van der Waals surface area contributed by atoms with Crippen molar-refractivity contribution in [2.24, 2.45) is 0 Å². The lowest BCUT2D eigenvalue weighted by molar-refractivity contribution is -0.139. The van der Waals surface area contributed by atoms with Gasteiger partial charge in [-0.05, 0) is 36.2 Å². The Hall–Kier alpha value is -1.69. The van der Waals surface area contributed by atoms with Gasteiger partial charge in [0, 0.05) is 20.0 Å². The third-order valence-electron chi connectivity index (χ3n) is 5.57. The minimum atomic E-state index is -1.84. The van der Waals surface area contributed by atoms with Crippen LogP contribution in [0.3, 0.4) is 0 Å². The van der Waals surface area contributed by atoms with E-state index in [1.807, 2.05) is 19.1 Å². The molecule has 0 aromatic heterocycles. The Bertz CT molecular complexity index is 677. The summed E-state index contributed by atoms with van der Waals surface area (Å²) in [5, 5.41) is 0.170. The number of carbonyl (C=O) groups excluding carboxylic acids is 1. The fourth-order valence-corrected chi connectivity index (χ4v) is 3.54. The van der Waals surface area contributed by atoms with Crippen molar-refractivity contribution in [3.63, 3.8) is 0 Å². The van der Waals surface area contributed by atoms with Crippen LogP contribution in [0.15, 0.2) is 54.6 Å². The van der Waals surface area contributed by atoms with Crippen molar-refractivity contribution in [2.45, 2.75) is 65.3 Å². The molecule has 0 heterocycles. The summed E-state index contributed by atoms with van der Waals surface area (Å²) in [6.07, 6.45) is 4.10. The summed E-state index contributed by atoms with van der Waals surface area (Å²) in [5.41, 5.74) is 2.28. The number of ether oxygens (including phenoxy) is 1.